The molecule has 0 radical (unpaired) electrons. The van der Waals surface area contributed by atoms with Crippen molar-refractivity contribution >= 4 is 23.9 Å². The second-order valence-corrected chi connectivity index (χ2v) is 7.94. The number of aliphatic carboxylic acids is 3. The topological polar surface area (TPSA) is 226 Å². The molecule has 2 fully saturated rings. The summed E-state index contributed by atoms with van der Waals surface area (Å²) in [4.78, 5) is 34.5. The van der Waals surface area contributed by atoms with Crippen LogP contribution in [0.2, 0.25) is 0 Å². The molecular weight excluding hydrogens is 420 g/mol. The monoisotopic (exact) mass is 460 g/mol. The lowest BCUT2D eigenvalue weighted by Crippen LogP contribution is -2.42. The van der Waals surface area contributed by atoms with E-state index in [0.29, 0.717) is 25.4 Å². The Morgan fingerprint density at radius 2 is 1.66 bits per heavy atom. The molecule has 0 amide bonds. The summed E-state index contributed by atoms with van der Waals surface area (Å²) in [5, 5.41) is 31.4. The Labute approximate surface area is 189 Å². The van der Waals surface area contributed by atoms with E-state index in [1.165, 1.54) is 19.3 Å². The fourth-order valence-corrected chi connectivity index (χ4v) is 3.23. The molecule has 0 bridgehead atoms. The first-order chi connectivity index (χ1) is 15.0. The average Bonchev–Trinajstić information content (AvgIpc) is 3.28. The Balaban J connectivity index is 0.000000460. The summed E-state index contributed by atoms with van der Waals surface area (Å²) < 4.78 is 0. The van der Waals surface area contributed by atoms with Gasteiger partial charge in [0, 0.05) is 12.6 Å². The van der Waals surface area contributed by atoms with Crippen molar-refractivity contribution in [3.8, 4) is 0 Å². The lowest BCUT2D eigenvalue weighted by atomic mass is 9.95. The van der Waals surface area contributed by atoms with Crippen molar-refractivity contribution in [2.45, 2.75) is 88.9 Å². The number of carboxylic acids is 3. The number of nitrogens with two attached hydrogens (primary N) is 3. The number of nitrogens with zero attached hydrogens (tertiary/aromatic N) is 1. The number of carboxylic acid groups (broad SMARTS) is 3. The second kappa shape index (κ2) is 17.2. The lowest BCUT2D eigenvalue weighted by Gasteiger charge is -2.24. The molecule has 1 aliphatic heterocycles. The van der Waals surface area contributed by atoms with Crippen molar-refractivity contribution < 1.29 is 29.7 Å². The minimum absolute atomic E-state index is 0.0129. The van der Waals surface area contributed by atoms with Gasteiger partial charge in [0.25, 0.3) is 0 Å². The van der Waals surface area contributed by atoms with Crippen LogP contribution in [0.25, 0.3) is 0 Å². The minimum Gasteiger partial charge on any atom is -0.480 e. The summed E-state index contributed by atoms with van der Waals surface area (Å²) in [5.41, 5.74) is 15.3. The Hall–Kier alpha value is -2.44. The van der Waals surface area contributed by atoms with E-state index < -0.39 is 30.0 Å². The van der Waals surface area contributed by atoms with Gasteiger partial charge in [0.1, 0.15) is 18.1 Å². The van der Waals surface area contributed by atoms with Crippen molar-refractivity contribution in [2.24, 2.45) is 22.2 Å². The molecule has 2 rings (SSSR count). The van der Waals surface area contributed by atoms with Crippen molar-refractivity contribution in [2.75, 3.05) is 13.1 Å². The van der Waals surface area contributed by atoms with Gasteiger partial charge in [-0.1, -0.05) is 19.3 Å². The predicted molar refractivity (Wildman–Crippen MR) is 121 cm³/mol. The number of nitrogens with one attached hydrogen (secondary N) is 2. The molecule has 2 aliphatic rings. The lowest BCUT2D eigenvalue weighted by molar-refractivity contribution is -0.140. The molecule has 186 valence electrons. The van der Waals surface area contributed by atoms with Gasteiger partial charge in [-0.05, 0) is 52.0 Å². The van der Waals surface area contributed by atoms with Crippen LogP contribution < -0.4 is 27.8 Å². The molecule has 12 heteroatoms. The largest absolute Gasteiger partial charge is 0.480 e. The van der Waals surface area contributed by atoms with Gasteiger partial charge in [-0.25, -0.2) is 0 Å². The summed E-state index contributed by atoms with van der Waals surface area (Å²) in [6.07, 6.45) is 8.80. The first kappa shape index (κ1) is 29.6. The van der Waals surface area contributed by atoms with Crippen molar-refractivity contribution in [3.05, 3.63) is 0 Å². The smallest absolute Gasteiger partial charge is 0.320 e. The number of hydrogen-bond donors (Lipinski definition) is 8. The number of aliphatic imine (C=N–C) groups is 1. The van der Waals surface area contributed by atoms with Crippen LogP contribution in [0.1, 0.15) is 64.7 Å². The maximum atomic E-state index is 10.5. The zero-order chi connectivity index (χ0) is 24.5. The molecule has 1 aliphatic carbocycles. The van der Waals surface area contributed by atoms with Gasteiger partial charge in [0.2, 0.25) is 0 Å². The molecule has 1 heterocycles. The van der Waals surface area contributed by atoms with Gasteiger partial charge in [0.15, 0.2) is 5.96 Å². The van der Waals surface area contributed by atoms with Gasteiger partial charge >= 0.3 is 17.9 Å². The molecule has 3 atom stereocenters. The van der Waals surface area contributed by atoms with E-state index in [1.807, 2.05) is 0 Å². The minimum atomic E-state index is -1.00. The molecule has 11 N–H and O–H groups in total. The van der Waals surface area contributed by atoms with Gasteiger partial charge in [0.05, 0.1) is 0 Å². The van der Waals surface area contributed by atoms with Gasteiger partial charge in [-0.2, -0.15) is 0 Å². The third kappa shape index (κ3) is 15.4. The molecule has 0 spiro atoms. The number of guanidine groups is 1. The third-order valence-corrected chi connectivity index (χ3v) is 5.10. The predicted octanol–water partition coefficient (Wildman–Crippen LogP) is -0.343. The molecular formula is C20H40N6O6. The summed E-state index contributed by atoms with van der Waals surface area (Å²) in [6, 6.07) is -1.05. The molecule has 0 aromatic heterocycles. The quantitative estimate of drug-likeness (QED) is 0.126. The summed E-state index contributed by atoms with van der Waals surface area (Å²) in [7, 11) is 0. The second-order valence-electron chi connectivity index (χ2n) is 7.94. The highest BCUT2D eigenvalue weighted by Crippen LogP contribution is 2.17. The van der Waals surface area contributed by atoms with E-state index >= 15 is 0 Å². The van der Waals surface area contributed by atoms with E-state index in [2.05, 4.69) is 15.6 Å². The molecule has 1 saturated carbocycles. The highest BCUT2D eigenvalue weighted by Gasteiger charge is 2.20. The van der Waals surface area contributed by atoms with Crippen LogP contribution >= 0.6 is 0 Å². The molecule has 0 aromatic rings. The maximum Gasteiger partial charge on any atom is 0.320 e. The van der Waals surface area contributed by atoms with Crippen LogP contribution in [0.3, 0.4) is 0 Å². The number of hydrogen-bond acceptors (Lipinski definition) is 7. The highest BCUT2D eigenvalue weighted by molar-refractivity contribution is 5.75. The molecule has 12 nitrogen and oxygen atoms in total. The van der Waals surface area contributed by atoms with Gasteiger partial charge < -0.3 is 43.2 Å². The Kier molecular flexibility index (Phi) is 15.8. The van der Waals surface area contributed by atoms with E-state index in [4.69, 9.17) is 32.5 Å². The van der Waals surface area contributed by atoms with Crippen LogP contribution in [-0.2, 0) is 14.4 Å². The van der Waals surface area contributed by atoms with Crippen LogP contribution in [-0.4, -0.2) is 76.4 Å². The first-order valence-corrected chi connectivity index (χ1v) is 11.0. The highest BCUT2D eigenvalue weighted by atomic mass is 16.4. The maximum absolute atomic E-state index is 10.5. The molecule has 1 saturated heterocycles. The Bertz CT molecular complexity index is 587. The molecule has 0 aromatic carbocycles. The Morgan fingerprint density at radius 3 is 2.06 bits per heavy atom. The van der Waals surface area contributed by atoms with Crippen LogP contribution in [0.5, 0.6) is 0 Å². The fraction of sp³-hybridized carbons (Fsp3) is 0.800. The van der Waals surface area contributed by atoms with E-state index in [1.54, 1.807) is 6.92 Å². The van der Waals surface area contributed by atoms with E-state index in [9.17, 15) is 14.4 Å². The average molecular weight is 461 g/mol. The first-order valence-electron chi connectivity index (χ1n) is 11.0. The number of rotatable bonds is 9. The van der Waals surface area contributed by atoms with Crippen molar-refractivity contribution in [1.29, 1.82) is 0 Å². The van der Waals surface area contributed by atoms with Crippen molar-refractivity contribution in [1.82, 2.24) is 10.6 Å². The van der Waals surface area contributed by atoms with Crippen molar-refractivity contribution in [3.63, 3.8) is 0 Å². The SMILES string of the molecule is C[C@H](NC1CCCCC1)C(=O)O.NC(N)=NCCC[C@H](N)C(=O)O.O=C(O)[C@@H]1CCCN1. The third-order valence-electron chi connectivity index (χ3n) is 5.10. The molecule has 32 heavy (non-hydrogen) atoms. The van der Waals surface area contributed by atoms with Crippen LogP contribution in [0, 0.1) is 0 Å². The summed E-state index contributed by atoms with van der Waals surface area (Å²) >= 11 is 0. The van der Waals surface area contributed by atoms with Crippen LogP contribution in [0.4, 0.5) is 0 Å². The van der Waals surface area contributed by atoms with Crippen LogP contribution in [0.15, 0.2) is 4.99 Å². The van der Waals surface area contributed by atoms with Gasteiger partial charge in [-0.15, -0.1) is 0 Å². The van der Waals surface area contributed by atoms with Gasteiger partial charge in [-0.3, -0.25) is 19.4 Å². The summed E-state index contributed by atoms with van der Waals surface area (Å²) in [5.74, 6) is -2.46. The standard InChI is InChI=1S/C9H17NO2.C6H14N4O2.C5H9NO2/c1-7(9(11)12)10-8-5-3-2-4-6-8;7-4(5(11)12)2-1-3-10-6(8)9;7-5(8)4-2-1-3-6-4/h7-8,10H,2-6H2,1H3,(H,11,12);4H,1-3,7H2,(H,11,12)(H4,8,9,10);4,6H,1-3H2,(H,7,8)/t7-;2*4-/m000/s1. The van der Waals surface area contributed by atoms with E-state index in [0.717, 1.165) is 32.2 Å². The molecule has 0 unspecified atom stereocenters. The zero-order valence-electron chi connectivity index (χ0n) is 18.8. The normalized spacial score (nSPS) is 19.9. The van der Waals surface area contributed by atoms with E-state index in [-0.39, 0.29) is 12.0 Å². The summed E-state index contributed by atoms with van der Waals surface area (Å²) in [6.45, 7) is 2.98. The fourth-order valence-electron chi connectivity index (χ4n) is 3.23. The zero-order valence-corrected chi connectivity index (χ0v) is 18.8. The number of carbonyl (C=O) groups is 3. The Morgan fingerprint density at radius 1 is 1.03 bits per heavy atom.